The average molecular weight is 298 g/mol. The molecule has 2 aromatic rings. The summed E-state index contributed by atoms with van der Waals surface area (Å²) < 4.78 is 5.09. The van der Waals surface area contributed by atoms with Crippen molar-refractivity contribution in [3.63, 3.8) is 0 Å². The molecule has 6 nitrogen and oxygen atoms in total. The van der Waals surface area contributed by atoms with Crippen LogP contribution >= 0.6 is 0 Å². The lowest BCUT2D eigenvalue weighted by Crippen LogP contribution is -2.37. The van der Waals surface area contributed by atoms with Gasteiger partial charge in [-0.2, -0.15) is 5.26 Å². The highest BCUT2D eigenvalue weighted by atomic mass is 16.4. The molecular weight excluding hydrogens is 284 g/mol. The van der Waals surface area contributed by atoms with Gasteiger partial charge in [-0.1, -0.05) is 13.0 Å². The molecule has 0 spiro atoms. The number of carboxylic acid groups (broad SMARTS) is 1. The first-order valence-electron chi connectivity index (χ1n) is 6.61. The summed E-state index contributed by atoms with van der Waals surface area (Å²) in [7, 11) is 0. The number of hydrogen-bond acceptors (Lipinski definition) is 4. The first kappa shape index (κ1) is 15.3. The topological polar surface area (TPSA) is 94.5 Å². The van der Waals surface area contributed by atoms with Crippen molar-refractivity contribution in [3.05, 3.63) is 54.0 Å². The molecule has 1 aromatic carbocycles. The number of anilines is 1. The predicted molar refractivity (Wildman–Crippen MR) is 78.3 cm³/mol. The van der Waals surface area contributed by atoms with Gasteiger partial charge < -0.3 is 14.4 Å². The second kappa shape index (κ2) is 6.59. The minimum atomic E-state index is -1.01. The zero-order valence-corrected chi connectivity index (χ0v) is 11.9. The zero-order chi connectivity index (χ0) is 16.1. The molecule has 0 aliphatic carbocycles. The SMILES string of the molecule is CC(CN(C(=O)c1ccco1)c1cccc(C#N)c1)C(=O)O. The van der Waals surface area contributed by atoms with Gasteiger partial charge in [-0.05, 0) is 30.3 Å². The lowest BCUT2D eigenvalue weighted by molar-refractivity contribution is -0.140. The van der Waals surface area contributed by atoms with E-state index < -0.39 is 17.8 Å². The Labute approximate surface area is 127 Å². The summed E-state index contributed by atoms with van der Waals surface area (Å²) in [4.78, 5) is 24.9. The standard InChI is InChI=1S/C16H14N2O4/c1-11(16(20)21)10-18(15(19)14-6-3-7-22-14)13-5-2-4-12(8-13)9-17/h2-8,11H,10H2,1H3,(H,20,21). The maximum Gasteiger partial charge on any atom is 0.308 e. The maximum absolute atomic E-state index is 12.5. The molecule has 0 saturated carbocycles. The van der Waals surface area contributed by atoms with E-state index in [0.717, 1.165) is 0 Å². The largest absolute Gasteiger partial charge is 0.481 e. The van der Waals surface area contributed by atoms with Gasteiger partial charge in [0.2, 0.25) is 0 Å². The molecule has 0 aliphatic rings. The van der Waals surface area contributed by atoms with Gasteiger partial charge >= 0.3 is 5.97 Å². The van der Waals surface area contributed by atoms with Crippen molar-refractivity contribution in [2.24, 2.45) is 5.92 Å². The fraction of sp³-hybridized carbons (Fsp3) is 0.188. The minimum absolute atomic E-state index is 0.0241. The highest BCUT2D eigenvalue weighted by molar-refractivity contribution is 6.04. The van der Waals surface area contributed by atoms with Gasteiger partial charge in [0.25, 0.3) is 5.91 Å². The summed E-state index contributed by atoms with van der Waals surface area (Å²) in [6, 6.07) is 11.5. The molecule has 22 heavy (non-hydrogen) atoms. The summed E-state index contributed by atoms with van der Waals surface area (Å²) in [6.07, 6.45) is 1.37. The van der Waals surface area contributed by atoms with Gasteiger partial charge in [0.1, 0.15) is 0 Å². The average Bonchev–Trinajstić information content (AvgIpc) is 3.06. The highest BCUT2D eigenvalue weighted by Crippen LogP contribution is 2.20. The van der Waals surface area contributed by atoms with Gasteiger partial charge in [0.05, 0.1) is 23.8 Å². The molecule has 0 bridgehead atoms. The van der Waals surface area contributed by atoms with Crippen LogP contribution in [0.4, 0.5) is 5.69 Å². The molecular formula is C16H14N2O4. The van der Waals surface area contributed by atoms with E-state index in [2.05, 4.69) is 0 Å². The van der Waals surface area contributed by atoms with Crippen LogP contribution in [-0.2, 0) is 4.79 Å². The third-order valence-corrected chi connectivity index (χ3v) is 3.14. The molecule has 0 saturated heterocycles. The van der Waals surface area contributed by atoms with Crippen molar-refractivity contribution in [2.75, 3.05) is 11.4 Å². The number of nitriles is 1. The molecule has 1 unspecified atom stereocenters. The molecule has 1 N–H and O–H groups in total. The fourth-order valence-electron chi connectivity index (χ4n) is 1.93. The van der Waals surface area contributed by atoms with Crippen molar-refractivity contribution in [3.8, 4) is 6.07 Å². The quantitative estimate of drug-likeness (QED) is 0.915. The van der Waals surface area contributed by atoms with Crippen LogP contribution in [0, 0.1) is 17.2 Å². The van der Waals surface area contributed by atoms with E-state index in [1.165, 1.54) is 30.2 Å². The van der Waals surface area contributed by atoms with E-state index in [9.17, 15) is 9.59 Å². The van der Waals surface area contributed by atoms with Crippen LogP contribution in [0.15, 0.2) is 47.1 Å². The number of aliphatic carboxylic acids is 1. The van der Waals surface area contributed by atoms with E-state index in [0.29, 0.717) is 11.3 Å². The van der Waals surface area contributed by atoms with Crippen LogP contribution in [0.1, 0.15) is 23.0 Å². The summed E-state index contributed by atoms with van der Waals surface area (Å²) in [6.45, 7) is 1.49. The van der Waals surface area contributed by atoms with Crippen molar-refractivity contribution < 1.29 is 19.1 Å². The van der Waals surface area contributed by atoms with Crippen LogP contribution in [0.2, 0.25) is 0 Å². The van der Waals surface area contributed by atoms with E-state index in [1.807, 2.05) is 6.07 Å². The van der Waals surface area contributed by atoms with E-state index in [4.69, 9.17) is 14.8 Å². The Hall–Kier alpha value is -3.07. The van der Waals surface area contributed by atoms with Crippen LogP contribution in [0.3, 0.4) is 0 Å². The van der Waals surface area contributed by atoms with Gasteiger partial charge in [-0.15, -0.1) is 0 Å². The van der Waals surface area contributed by atoms with Crippen LogP contribution in [0.25, 0.3) is 0 Å². The molecule has 0 fully saturated rings. The number of carbonyl (C=O) groups is 2. The fourth-order valence-corrected chi connectivity index (χ4v) is 1.93. The molecule has 0 radical (unpaired) electrons. The Morgan fingerprint density at radius 3 is 2.73 bits per heavy atom. The lowest BCUT2D eigenvalue weighted by atomic mass is 10.1. The number of benzene rings is 1. The van der Waals surface area contributed by atoms with Crippen molar-refractivity contribution in [1.82, 2.24) is 0 Å². The number of carbonyl (C=O) groups excluding carboxylic acids is 1. The minimum Gasteiger partial charge on any atom is -0.481 e. The number of hydrogen-bond donors (Lipinski definition) is 1. The van der Waals surface area contributed by atoms with Crippen molar-refractivity contribution in [1.29, 1.82) is 5.26 Å². The Bertz CT molecular complexity index is 716. The molecule has 1 amide bonds. The number of furan rings is 1. The zero-order valence-electron chi connectivity index (χ0n) is 11.9. The molecule has 6 heteroatoms. The molecule has 2 rings (SSSR count). The number of amides is 1. The Kier molecular flexibility index (Phi) is 4.59. The Morgan fingerprint density at radius 1 is 1.36 bits per heavy atom. The summed E-state index contributed by atoms with van der Waals surface area (Å²) in [5.41, 5.74) is 0.839. The van der Waals surface area contributed by atoms with Crippen molar-refractivity contribution >= 4 is 17.6 Å². The van der Waals surface area contributed by atoms with Gasteiger partial charge in [0, 0.05) is 12.2 Å². The lowest BCUT2D eigenvalue weighted by Gasteiger charge is -2.23. The van der Waals surface area contributed by atoms with Crippen LogP contribution in [0.5, 0.6) is 0 Å². The first-order chi connectivity index (χ1) is 10.5. The van der Waals surface area contributed by atoms with Gasteiger partial charge in [-0.25, -0.2) is 0 Å². The number of carboxylic acids is 1. The Morgan fingerprint density at radius 2 is 2.14 bits per heavy atom. The molecule has 1 atom stereocenters. The molecule has 1 heterocycles. The smallest absolute Gasteiger partial charge is 0.308 e. The van der Waals surface area contributed by atoms with Gasteiger partial charge in [-0.3, -0.25) is 9.59 Å². The molecule has 1 aromatic heterocycles. The van der Waals surface area contributed by atoms with Crippen LogP contribution < -0.4 is 4.90 Å². The summed E-state index contributed by atoms with van der Waals surface area (Å²) in [5, 5.41) is 18.0. The predicted octanol–water partition coefficient (Wildman–Crippen LogP) is 2.52. The summed E-state index contributed by atoms with van der Waals surface area (Å²) in [5.74, 6) is -2.11. The van der Waals surface area contributed by atoms with E-state index >= 15 is 0 Å². The van der Waals surface area contributed by atoms with Crippen molar-refractivity contribution in [2.45, 2.75) is 6.92 Å². The van der Waals surface area contributed by atoms with Crippen LogP contribution in [-0.4, -0.2) is 23.5 Å². The highest BCUT2D eigenvalue weighted by Gasteiger charge is 2.24. The maximum atomic E-state index is 12.5. The third-order valence-electron chi connectivity index (χ3n) is 3.14. The third kappa shape index (κ3) is 3.33. The normalized spacial score (nSPS) is 11.5. The first-order valence-corrected chi connectivity index (χ1v) is 6.61. The number of nitrogens with zero attached hydrogens (tertiary/aromatic N) is 2. The second-order valence-electron chi connectivity index (χ2n) is 4.79. The second-order valence-corrected chi connectivity index (χ2v) is 4.79. The van der Waals surface area contributed by atoms with E-state index in [-0.39, 0.29) is 12.3 Å². The van der Waals surface area contributed by atoms with Gasteiger partial charge in [0.15, 0.2) is 5.76 Å². The molecule has 0 aliphatic heterocycles. The Balaban J connectivity index is 2.38. The molecule has 112 valence electrons. The number of rotatable bonds is 5. The monoisotopic (exact) mass is 298 g/mol. The summed E-state index contributed by atoms with van der Waals surface area (Å²) >= 11 is 0. The van der Waals surface area contributed by atoms with E-state index in [1.54, 1.807) is 24.3 Å².